The van der Waals surface area contributed by atoms with E-state index in [1.165, 1.54) is 37.4 Å². The molecule has 0 radical (unpaired) electrons. The van der Waals surface area contributed by atoms with E-state index in [1.807, 2.05) is 0 Å². The van der Waals surface area contributed by atoms with Crippen LogP contribution in [0.5, 0.6) is 11.5 Å². The number of benzene rings is 2. The summed E-state index contributed by atoms with van der Waals surface area (Å²) in [4.78, 5) is 22.9. The number of carboxylic acid groups (broad SMARTS) is 1. The lowest BCUT2D eigenvalue weighted by Crippen LogP contribution is -2.31. The molecule has 0 unspecified atom stereocenters. The van der Waals surface area contributed by atoms with Crippen molar-refractivity contribution in [1.29, 1.82) is 0 Å². The maximum absolute atomic E-state index is 12.9. The molecule has 0 spiro atoms. The highest BCUT2D eigenvalue weighted by molar-refractivity contribution is 5.88. The summed E-state index contributed by atoms with van der Waals surface area (Å²) in [7, 11) is 1.38. The van der Waals surface area contributed by atoms with Gasteiger partial charge in [0, 0.05) is 0 Å². The number of amides is 1. The summed E-state index contributed by atoms with van der Waals surface area (Å²) in [6.07, 6.45) is 0. The van der Waals surface area contributed by atoms with Gasteiger partial charge in [0.1, 0.15) is 5.82 Å². The minimum atomic E-state index is -1.09. The summed E-state index contributed by atoms with van der Waals surface area (Å²) < 4.78 is 23.4. The van der Waals surface area contributed by atoms with Gasteiger partial charge in [-0.2, -0.15) is 0 Å². The van der Waals surface area contributed by atoms with Crippen LogP contribution in [0.4, 0.5) is 4.39 Å². The molecule has 132 valence electrons. The molecule has 0 aliphatic carbocycles. The van der Waals surface area contributed by atoms with Gasteiger partial charge < -0.3 is 19.9 Å². The number of carbonyl (C=O) groups excluding carboxylic acids is 1. The predicted octanol–water partition coefficient (Wildman–Crippen LogP) is 2.79. The summed E-state index contributed by atoms with van der Waals surface area (Å²) in [5.74, 6) is -1.32. The van der Waals surface area contributed by atoms with Crippen LogP contribution in [0.2, 0.25) is 0 Å². The fraction of sp³-hybridized carbons (Fsp3) is 0.222. The van der Waals surface area contributed by atoms with Gasteiger partial charge in [-0.15, -0.1) is 0 Å². The van der Waals surface area contributed by atoms with E-state index in [1.54, 1.807) is 19.1 Å². The molecule has 1 atom stereocenters. The average molecular weight is 347 g/mol. The van der Waals surface area contributed by atoms with Crippen LogP contribution in [0.25, 0.3) is 0 Å². The topological polar surface area (TPSA) is 84.9 Å². The molecule has 2 rings (SSSR count). The van der Waals surface area contributed by atoms with E-state index in [9.17, 15) is 14.0 Å². The van der Waals surface area contributed by atoms with Crippen LogP contribution in [0.3, 0.4) is 0 Å². The summed E-state index contributed by atoms with van der Waals surface area (Å²) in [5, 5.41) is 11.7. The maximum Gasteiger partial charge on any atom is 0.335 e. The highest BCUT2D eigenvalue weighted by atomic mass is 19.1. The Morgan fingerprint density at radius 1 is 1.16 bits per heavy atom. The standard InChI is InChI=1S/C18H18FNO5/c1-11(12-3-6-14(19)7-4-12)20-17(21)10-25-15-8-5-13(18(22)23)9-16(15)24-2/h3-9,11H,10H2,1-2H3,(H,20,21)(H,22,23)/t11-/m1/s1. The Hall–Kier alpha value is -3.09. The van der Waals surface area contributed by atoms with Gasteiger partial charge in [-0.05, 0) is 42.8 Å². The van der Waals surface area contributed by atoms with Crippen molar-refractivity contribution in [2.45, 2.75) is 13.0 Å². The van der Waals surface area contributed by atoms with E-state index in [0.29, 0.717) is 0 Å². The van der Waals surface area contributed by atoms with Crippen molar-refractivity contribution < 1.29 is 28.6 Å². The van der Waals surface area contributed by atoms with Crippen LogP contribution in [-0.4, -0.2) is 30.7 Å². The lowest BCUT2D eigenvalue weighted by atomic mass is 10.1. The molecule has 1 amide bonds. The molecule has 0 heterocycles. The third kappa shape index (κ3) is 4.94. The maximum atomic E-state index is 12.9. The number of hydrogen-bond donors (Lipinski definition) is 2. The summed E-state index contributed by atoms with van der Waals surface area (Å²) >= 11 is 0. The number of aromatic carboxylic acids is 1. The van der Waals surface area contributed by atoms with E-state index in [4.69, 9.17) is 14.6 Å². The molecule has 0 saturated carbocycles. The second-order valence-corrected chi connectivity index (χ2v) is 5.30. The van der Waals surface area contributed by atoms with Crippen LogP contribution >= 0.6 is 0 Å². The zero-order valence-corrected chi connectivity index (χ0v) is 13.8. The number of halogens is 1. The zero-order chi connectivity index (χ0) is 18.4. The van der Waals surface area contributed by atoms with Gasteiger partial charge in [0.25, 0.3) is 5.91 Å². The highest BCUT2D eigenvalue weighted by Gasteiger charge is 2.13. The van der Waals surface area contributed by atoms with Crippen LogP contribution in [0.15, 0.2) is 42.5 Å². The Kier molecular flexibility index (Phi) is 5.94. The van der Waals surface area contributed by atoms with Crippen molar-refractivity contribution in [1.82, 2.24) is 5.32 Å². The molecule has 0 aromatic heterocycles. The average Bonchev–Trinajstić information content (AvgIpc) is 2.60. The molecule has 0 fully saturated rings. The third-order valence-corrected chi connectivity index (χ3v) is 3.52. The van der Waals surface area contributed by atoms with Gasteiger partial charge in [-0.25, -0.2) is 9.18 Å². The van der Waals surface area contributed by atoms with Gasteiger partial charge in [0.05, 0.1) is 18.7 Å². The van der Waals surface area contributed by atoms with E-state index in [-0.39, 0.29) is 41.4 Å². The molecule has 0 aliphatic rings. The van der Waals surface area contributed by atoms with Crippen molar-refractivity contribution in [3.63, 3.8) is 0 Å². The van der Waals surface area contributed by atoms with Crippen LogP contribution < -0.4 is 14.8 Å². The Morgan fingerprint density at radius 2 is 1.84 bits per heavy atom. The minimum absolute atomic E-state index is 0.0542. The highest BCUT2D eigenvalue weighted by Crippen LogP contribution is 2.28. The van der Waals surface area contributed by atoms with Gasteiger partial charge in [-0.1, -0.05) is 12.1 Å². The van der Waals surface area contributed by atoms with Crippen LogP contribution in [-0.2, 0) is 4.79 Å². The van der Waals surface area contributed by atoms with Gasteiger partial charge in [0.15, 0.2) is 18.1 Å². The number of hydrogen-bond acceptors (Lipinski definition) is 4. The molecular formula is C18H18FNO5. The summed E-state index contributed by atoms with van der Waals surface area (Å²) in [6.45, 7) is 1.50. The second kappa shape index (κ2) is 8.14. The first-order valence-corrected chi connectivity index (χ1v) is 7.49. The predicted molar refractivity (Wildman–Crippen MR) is 88.4 cm³/mol. The zero-order valence-electron chi connectivity index (χ0n) is 13.8. The Morgan fingerprint density at radius 3 is 2.44 bits per heavy atom. The molecule has 25 heavy (non-hydrogen) atoms. The van der Waals surface area contributed by atoms with Crippen LogP contribution in [0.1, 0.15) is 28.9 Å². The second-order valence-electron chi connectivity index (χ2n) is 5.30. The van der Waals surface area contributed by atoms with E-state index < -0.39 is 5.97 Å². The number of nitrogens with one attached hydrogen (secondary N) is 1. The van der Waals surface area contributed by atoms with Crippen molar-refractivity contribution in [2.24, 2.45) is 0 Å². The first kappa shape index (κ1) is 18.3. The Labute approximate surface area is 144 Å². The number of ether oxygens (including phenoxy) is 2. The van der Waals surface area contributed by atoms with E-state index in [0.717, 1.165) is 5.56 Å². The first-order chi connectivity index (χ1) is 11.9. The summed E-state index contributed by atoms with van der Waals surface area (Å²) in [6, 6.07) is 9.62. The summed E-state index contributed by atoms with van der Waals surface area (Å²) in [5.41, 5.74) is 0.816. The minimum Gasteiger partial charge on any atom is -0.493 e. The molecule has 7 heteroatoms. The molecular weight excluding hydrogens is 329 g/mol. The van der Waals surface area contributed by atoms with Gasteiger partial charge in [0.2, 0.25) is 0 Å². The molecule has 0 saturated heterocycles. The lowest BCUT2D eigenvalue weighted by molar-refractivity contribution is -0.123. The smallest absolute Gasteiger partial charge is 0.335 e. The molecule has 0 aliphatic heterocycles. The fourth-order valence-electron chi connectivity index (χ4n) is 2.18. The first-order valence-electron chi connectivity index (χ1n) is 7.49. The monoisotopic (exact) mass is 347 g/mol. The van der Waals surface area contributed by atoms with Crippen molar-refractivity contribution in [2.75, 3.05) is 13.7 Å². The number of carbonyl (C=O) groups is 2. The number of carboxylic acids is 1. The van der Waals surface area contributed by atoms with Crippen molar-refractivity contribution >= 4 is 11.9 Å². The Bertz CT molecular complexity index is 761. The van der Waals surface area contributed by atoms with Crippen LogP contribution in [0, 0.1) is 5.82 Å². The fourth-order valence-corrected chi connectivity index (χ4v) is 2.18. The lowest BCUT2D eigenvalue weighted by Gasteiger charge is -2.15. The number of methoxy groups -OCH3 is 1. The normalized spacial score (nSPS) is 11.5. The SMILES string of the molecule is COc1cc(C(=O)O)ccc1OCC(=O)N[C@H](C)c1ccc(F)cc1. The molecule has 2 N–H and O–H groups in total. The molecule has 6 nitrogen and oxygen atoms in total. The molecule has 0 bridgehead atoms. The van der Waals surface area contributed by atoms with E-state index in [2.05, 4.69) is 5.32 Å². The Balaban J connectivity index is 1.95. The molecule has 2 aromatic rings. The van der Waals surface area contributed by atoms with Crippen molar-refractivity contribution in [3.05, 3.63) is 59.4 Å². The quantitative estimate of drug-likeness (QED) is 0.804. The van der Waals surface area contributed by atoms with E-state index >= 15 is 0 Å². The van der Waals surface area contributed by atoms with Gasteiger partial charge >= 0.3 is 5.97 Å². The number of rotatable bonds is 7. The van der Waals surface area contributed by atoms with Crippen molar-refractivity contribution in [3.8, 4) is 11.5 Å². The van der Waals surface area contributed by atoms with Gasteiger partial charge in [-0.3, -0.25) is 4.79 Å². The third-order valence-electron chi connectivity index (χ3n) is 3.52. The largest absolute Gasteiger partial charge is 0.493 e. The molecule has 2 aromatic carbocycles.